The largest absolute Gasteiger partial charge is 0.338 e. The zero-order valence-corrected chi connectivity index (χ0v) is 5.78. The predicted molar refractivity (Wildman–Crippen MR) is 32.6 cm³/mol. The van der Waals surface area contributed by atoms with E-state index in [0.29, 0.717) is 0 Å². The summed E-state index contributed by atoms with van der Waals surface area (Å²) in [6.45, 7) is 4.48. The second-order valence-electron chi connectivity index (χ2n) is 2.39. The molecule has 1 N–H and O–H groups in total. The Kier molecular flexibility index (Phi) is 3.01. The Morgan fingerprint density at radius 3 is 1.86 bits per heavy atom. The second kappa shape index (κ2) is 3.03. The minimum Gasteiger partial charge on any atom is -0.338 e. The van der Waals surface area contributed by atoms with Crippen LogP contribution in [0.5, 0.6) is 0 Å². The van der Waals surface area contributed by atoms with E-state index in [1.807, 2.05) is 0 Å². The fraction of sp³-hybridized carbons (Fsp3) is 1.00. The molecule has 0 bridgehead atoms. The summed E-state index contributed by atoms with van der Waals surface area (Å²) < 4.78 is 0. The first kappa shape index (κ1) is 6.96. The van der Waals surface area contributed by atoms with Crippen LogP contribution in [0, 0.1) is 0 Å². The first-order valence-corrected chi connectivity index (χ1v) is 2.98. The van der Waals surface area contributed by atoms with E-state index in [1.54, 1.807) is 4.90 Å². The Labute approximate surface area is 46.3 Å². The van der Waals surface area contributed by atoms with E-state index in [4.69, 9.17) is 0 Å². The number of nitrogens with one attached hydrogen (secondary N) is 1. The van der Waals surface area contributed by atoms with Gasteiger partial charge in [-0.25, -0.2) is 0 Å². The van der Waals surface area contributed by atoms with Gasteiger partial charge in [0.05, 0.1) is 20.1 Å². The summed E-state index contributed by atoms with van der Waals surface area (Å²) >= 11 is 0. The highest BCUT2D eigenvalue weighted by molar-refractivity contribution is 4.36. The molecule has 1 atom stereocenters. The summed E-state index contributed by atoms with van der Waals surface area (Å²) in [6.07, 6.45) is 1.28. The quantitative estimate of drug-likeness (QED) is 0.498. The molecule has 0 saturated heterocycles. The molecule has 0 aliphatic carbocycles. The Balaban J connectivity index is 3.14. The molecule has 0 aromatic heterocycles. The zero-order chi connectivity index (χ0) is 5.86. The highest BCUT2D eigenvalue weighted by Crippen LogP contribution is 1.77. The third kappa shape index (κ3) is 2.63. The maximum atomic E-state index is 2.26. The average molecular weight is 102 g/mol. The molecule has 0 aliphatic heterocycles. The van der Waals surface area contributed by atoms with Gasteiger partial charge in [-0.15, -0.1) is 0 Å². The molecule has 44 valence electrons. The maximum absolute atomic E-state index is 2.26. The number of quaternary nitrogens is 1. The molecule has 0 spiro atoms. The summed E-state index contributed by atoms with van der Waals surface area (Å²) in [5.41, 5.74) is 0. The monoisotopic (exact) mass is 102 g/mol. The molecule has 0 amide bonds. The van der Waals surface area contributed by atoms with E-state index in [9.17, 15) is 0 Å². The molecule has 7 heavy (non-hydrogen) atoms. The molecule has 0 unspecified atom stereocenters. The van der Waals surface area contributed by atoms with Crippen molar-refractivity contribution in [2.45, 2.75) is 26.3 Å². The molecular weight excluding hydrogens is 86.1 g/mol. The van der Waals surface area contributed by atoms with Crippen molar-refractivity contribution in [3.05, 3.63) is 0 Å². The van der Waals surface area contributed by atoms with Crippen LogP contribution in [-0.4, -0.2) is 20.1 Å². The van der Waals surface area contributed by atoms with Crippen LogP contribution in [0.3, 0.4) is 0 Å². The molecule has 1 nitrogen and oxygen atoms in total. The van der Waals surface area contributed by atoms with Gasteiger partial charge in [-0.05, 0) is 13.3 Å². The van der Waals surface area contributed by atoms with E-state index in [0.717, 1.165) is 6.04 Å². The minimum absolute atomic E-state index is 0.819. The van der Waals surface area contributed by atoms with E-state index in [1.165, 1.54) is 6.42 Å². The third-order valence-corrected chi connectivity index (χ3v) is 1.60. The molecule has 0 fully saturated rings. The van der Waals surface area contributed by atoms with Crippen LogP contribution >= 0.6 is 0 Å². The van der Waals surface area contributed by atoms with E-state index in [-0.39, 0.29) is 0 Å². The standard InChI is InChI=1S/C6H15N/c1-5-6(2)7(3)4/h6H,5H2,1-4H3/p+1/t6-/m0/s1. The Hall–Kier alpha value is -0.0400. The highest BCUT2D eigenvalue weighted by Gasteiger charge is 2.01. The van der Waals surface area contributed by atoms with Gasteiger partial charge >= 0.3 is 0 Å². The lowest BCUT2D eigenvalue weighted by Crippen LogP contribution is -3.09. The van der Waals surface area contributed by atoms with Crippen molar-refractivity contribution in [3.63, 3.8) is 0 Å². The molecule has 0 aromatic rings. The van der Waals surface area contributed by atoms with Crippen molar-refractivity contribution in [1.82, 2.24) is 0 Å². The van der Waals surface area contributed by atoms with Gasteiger partial charge in [0.25, 0.3) is 0 Å². The van der Waals surface area contributed by atoms with Gasteiger partial charge in [0, 0.05) is 0 Å². The van der Waals surface area contributed by atoms with Crippen molar-refractivity contribution in [3.8, 4) is 0 Å². The van der Waals surface area contributed by atoms with Crippen molar-refractivity contribution >= 4 is 0 Å². The molecule has 0 radical (unpaired) electrons. The topological polar surface area (TPSA) is 4.44 Å². The van der Waals surface area contributed by atoms with Gasteiger partial charge in [0.2, 0.25) is 0 Å². The SMILES string of the molecule is CC[C@H](C)[NH+](C)C. The zero-order valence-electron chi connectivity index (χ0n) is 5.78. The number of hydrogen-bond donors (Lipinski definition) is 1. The lowest BCUT2D eigenvalue weighted by atomic mass is 10.2. The number of rotatable bonds is 2. The van der Waals surface area contributed by atoms with Gasteiger partial charge in [-0.3, -0.25) is 0 Å². The van der Waals surface area contributed by atoms with Crippen molar-refractivity contribution in [2.24, 2.45) is 0 Å². The van der Waals surface area contributed by atoms with Crippen LogP contribution in [0.25, 0.3) is 0 Å². The summed E-state index contributed by atoms with van der Waals surface area (Å²) in [7, 11) is 4.38. The Bertz CT molecular complexity index is 41.4. The minimum atomic E-state index is 0.819. The average Bonchev–Trinajstić information content (AvgIpc) is 1.65. The molecule has 0 aromatic carbocycles. The smallest absolute Gasteiger partial charge is 0.0839 e. The lowest BCUT2D eigenvalue weighted by molar-refractivity contribution is -0.883. The summed E-state index contributed by atoms with van der Waals surface area (Å²) in [4.78, 5) is 1.54. The third-order valence-electron chi connectivity index (χ3n) is 1.60. The normalized spacial score (nSPS) is 15.0. The number of hydrogen-bond acceptors (Lipinski definition) is 0. The lowest BCUT2D eigenvalue weighted by Gasteiger charge is -2.13. The van der Waals surface area contributed by atoms with Crippen LogP contribution in [0.2, 0.25) is 0 Å². The van der Waals surface area contributed by atoms with Crippen LogP contribution in [0.15, 0.2) is 0 Å². The van der Waals surface area contributed by atoms with Gasteiger partial charge in [-0.1, -0.05) is 6.92 Å². The Morgan fingerprint density at radius 1 is 1.43 bits per heavy atom. The summed E-state index contributed by atoms with van der Waals surface area (Å²) in [6, 6.07) is 0.819. The molecule has 0 rings (SSSR count). The van der Waals surface area contributed by atoms with Gasteiger partial charge in [0.1, 0.15) is 0 Å². The first-order valence-electron chi connectivity index (χ1n) is 2.98. The summed E-state index contributed by atoms with van der Waals surface area (Å²) in [5.74, 6) is 0. The van der Waals surface area contributed by atoms with Gasteiger partial charge in [0.15, 0.2) is 0 Å². The fourth-order valence-electron chi connectivity index (χ4n) is 0.408. The van der Waals surface area contributed by atoms with Crippen LogP contribution in [0.1, 0.15) is 20.3 Å². The van der Waals surface area contributed by atoms with Crippen LogP contribution in [0.4, 0.5) is 0 Å². The maximum Gasteiger partial charge on any atom is 0.0839 e. The molecule has 0 saturated carbocycles. The molecule has 0 heterocycles. The first-order chi connectivity index (χ1) is 3.18. The molecule has 1 heteroatoms. The van der Waals surface area contributed by atoms with Crippen molar-refractivity contribution < 1.29 is 4.90 Å². The van der Waals surface area contributed by atoms with E-state index >= 15 is 0 Å². The van der Waals surface area contributed by atoms with Crippen LogP contribution in [-0.2, 0) is 0 Å². The molecule has 0 aliphatic rings. The second-order valence-corrected chi connectivity index (χ2v) is 2.39. The van der Waals surface area contributed by atoms with Crippen molar-refractivity contribution in [2.75, 3.05) is 14.1 Å². The highest BCUT2D eigenvalue weighted by atomic mass is 15.1. The van der Waals surface area contributed by atoms with Gasteiger partial charge < -0.3 is 4.90 Å². The van der Waals surface area contributed by atoms with E-state index in [2.05, 4.69) is 27.9 Å². The molecular formula is C6H16N+. The van der Waals surface area contributed by atoms with E-state index < -0.39 is 0 Å². The summed E-state index contributed by atoms with van der Waals surface area (Å²) in [5, 5.41) is 0. The van der Waals surface area contributed by atoms with Crippen molar-refractivity contribution in [1.29, 1.82) is 0 Å². The Morgan fingerprint density at radius 2 is 1.86 bits per heavy atom. The predicted octanol–water partition coefficient (Wildman–Crippen LogP) is -0.0706. The van der Waals surface area contributed by atoms with Crippen LogP contribution < -0.4 is 4.90 Å². The fourth-order valence-corrected chi connectivity index (χ4v) is 0.408. The van der Waals surface area contributed by atoms with Gasteiger partial charge in [-0.2, -0.15) is 0 Å².